The van der Waals surface area contributed by atoms with Crippen LogP contribution in [0.3, 0.4) is 0 Å². The summed E-state index contributed by atoms with van der Waals surface area (Å²) in [6.45, 7) is 3.76. The number of anilines is 1. The van der Waals surface area contributed by atoms with Gasteiger partial charge in [0.25, 0.3) is 5.91 Å². The predicted octanol–water partition coefficient (Wildman–Crippen LogP) is 0.960. The summed E-state index contributed by atoms with van der Waals surface area (Å²) in [5.74, 6) is 1.35. The number of nitrogen functional groups attached to an aromatic ring is 1. The molecule has 0 bridgehead atoms. The van der Waals surface area contributed by atoms with Crippen molar-refractivity contribution < 1.29 is 4.79 Å². The maximum atomic E-state index is 12.1. The molecule has 16 heavy (non-hydrogen) atoms. The monoisotopic (exact) mass is 240 g/mol. The number of carbonyl (C=O) groups is 1. The Kier molecular flexibility index (Phi) is 3.38. The zero-order valence-electron chi connectivity index (χ0n) is 9.27. The number of nitrogens with one attached hydrogen (secondary N) is 1. The minimum absolute atomic E-state index is 0.00926. The van der Waals surface area contributed by atoms with Crippen molar-refractivity contribution in [1.82, 2.24) is 15.1 Å². The van der Waals surface area contributed by atoms with E-state index in [1.54, 1.807) is 0 Å². The number of carbonyl (C=O) groups excluding carboxylic acids is 1. The molecule has 1 amide bonds. The lowest BCUT2D eigenvalue weighted by Crippen LogP contribution is -2.41. The highest BCUT2D eigenvalue weighted by molar-refractivity contribution is 8.00. The highest BCUT2D eigenvalue weighted by Gasteiger charge is 2.25. The molecule has 0 spiro atoms. The molecule has 1 aromatic heterocycles. The molecular weight excluding hydrogens is 224 g/mol. The van der Waals surface area contributed by atoms with Crippen molar-refractivity contribution in [2.45, 2.75) is 18.6 Å². The number of thioether (sulfide) groups is 1. The molecule has 2 heterocycles. The van der Waals surface area contributed by atoms with Crippen LogP contribution in [0.4, 0.5) is 5.82 Å². The van der Waals surface area contributed by atoms with Crippen molar-refractivity contribution in [3.8, 4) is 0 Å². The summed E-state index contributed by atoms with van der Waals surface area (Å²) < 4.78 is 0. The minimum Gasteiger partial charge on any atom is -0.383 e. The first kappa shape index (κ1) is 11.3. The third-order valence-corrected chi connectivity index (χ3v) is 4.15. The van der Waals surface area contributed by atoms with Crippen LogP contribution in [-0.2, 0) is 0 Å². The van der Waals surface area contributed by atoms with Crippen LogP contribution < -0.4 is 5.73 Å². The number of aromatic nitrogens is 2. The average molecular weight is 240 g/mol. The van der Waals surface area contributed by atoms with Gasteiger partial charge >= 0.3 is 0 Å². The van der Waals surface area contributed by atoms with Gasteiger partial charge in [0.15, 0.2) is 0 Å². The van der Waals surface area contributed by atoms with Crippen LogP contribution in [0.15, 0.2) is 6.20 Å². The van der Waals surface area contributed by atoms with E-state index in [-0.39, 0.29) is 5.91 Å². The van der Waals surface area contributed by atoms with E-state index in [1.165, 1.54) is 6.20 Å². The van der Waals surface area contributed by atoms with Crippen molar-refractivity contribution in [3.05, 3.63) is 11.8 Å². The summed E-state index contributed by atoms with van der Waals surface area (Å²) in [7, 11) is 0. The van der Waals surface area contributed by atoms with Crippen molar-refractivity contribution in [2.75, 3.05) is 24.6 Å². The van der Waals surface area contributed by atoms with Gasteiger partial charge in [-0.15, -0.1) is 0 Å². The predicted molar refractivity (Wildman–Crippen MR) is 65.4 cm³/mol. The van der Waals surface area contributed by atoms with E-state index < -0.39 is 0 Å². The largest absolute Gasteiger partial charge is 0.383 e. The molecular formula is C10H16N4OS. The molecule has 0 aliphatic carbocycles. The highest BCUT2D eigenvalue weighted by Crippen LogP contribution is 2.23. The van der Waals surface area contributed by atoms with Gasteiger partial charge in [-0.25, -0.2) is 0 Å². The Bertz CT molecular complexity index is 379. The van der Waals surface area contributed by atoms with Gasteiger partial charge in [0, 0.05) is 24.1 Å². The van der Waals surface area contributed by atoms with Crippen LogP contribution >= 0.6 is 11.8 Å². The summed E-state index contributed by atoms with van der Waals surface area (Å²) in [5.41, 5.74) is 6.13. The zero-order valence-corrected chi connectivity index (χ0v) is 10.1. The summed E-state index contributed by atoms with van der Waals surface area (Å²) in [4.78, 5) is 14.0. The standard InChI is InChI=1S/C10H16N4OS/c1-2-7-6-14(3-4-16-7)10(15)8-5-12-13-9(8)11/h5,7H,2-4,6H2,1H3,(H3,11,12,13). The fourth-order valence-electron chi connectivity index (χ4n) is 1.79. The van der Waals surface area contributed by atoms with Crippen molar-refractivity contribution in [2.24, 2.45) is 0 Å². The molecule has 0 aromatic carbocycles. The molecule has 1 aliphatic heterocycles. The van der Waals surface area contributed by atoms with Crippen LogP contribution in [0, 0.1) is 0 Å². The maximum Gasteiger partial charge on any atom is 0.259 e. The van der Waals surface area contributed by atoms with Crippen LogP contribution in [0.25, 0.3) is 0 Å². The maximum absolute atomic E-state index is 12.1. The smallest absolute Gasteiger partial charge is 0.259 e. The number of H-pyrrole nitrogens is 1. The van der Waals surface area contributed by atoms with E-state index in [0.29, 0.717) is 16.6 Å². The van der Waals surface area contributed by atoms with Gasteiger partial charge in [-0.05, 0) is 6.42 Å². The van der Waals surface area contributed by atoms with Crippen molar-refractivity contribution >= 4 is 23.5 Å². The Hall–Kier alpha value is -1.17. The number of amides is 1. The van der Waals surface area contributed by atoms with E-state index in [2.05, 4.69) is 17.1 Å². The molecule has 6 heteroatoms. The molecule has 1 saturated heterocycles. The van der Waals surface area contributed by atoms with Gasteiger partial charge in [0.2, 0.25) is 0 Å². The fraction of sp³-hybridized carbons (Fsp3) is 0.600. The van der Waals surface area contributed by atoms with E-state index >= 15 is 0 Å². The second kappa shape index (κ2) is 4.78. The van der Waals surface area contributed by atoms with Gasteiger partial charge in [-0.2, -0.15) is 16.9 Å². The average Bonchev–Trinajstić information content (AvgIpc) is 2.74. The molecule has 0 radical (unpaired) electrons. The molecule has 88 valence electrons. The number of nitrogens with zero attached hydrogens (tertiary/aromatic N) is 2. The topological polar surface area (TPSA) is 75.0 Å². The Morgan fingerprint density at radius 1 is 1.81 bits per heavy atom. The summed E-state index contributed by atoms with van der Waals surface area (Å²) in [5, 5.41) is 6.91. The van der Waals surface area contributed by atoms with Crippen molar-refractivity contribution in [1.29, 1.82) is 0 Å². The fourth-order valence-corrected chi connectivity index (χ4v) is 2.97. The molecule has 0 saturated carbocycles. The lowest BCUT2D eigenvalue weighted by molar-refractivity contribution is 0.0762. The van der Waals surface area contributed by atoms with Crippen molar-refractivity contribution in [3.63, 3.8) is 0 Å². The second-order valence-electron chi connectivity index (χ2n) is 3.85. The third-order valence-electron chi connectivity index (χ3n) is 2.78. The molecule has 2 rings (SSSR count). The first-order valence-electron chi connectivity index (χ1n) is 5.42. The molecule has 5 nitrogen and oxygen atoms in total. The number of aromatic amines is 1. The van der Waals surface area contributed by atoms with E-state index in [9.17, 15) is 4.79 Å². The lowest BCUT2D eigenvalue weighted by atomic mass is 10.2. The van der Waals surface area contributed by atoms with Gasteiger partial charge < -0.3 is 10.6 Å². The van der Waals surface area contributed by atoms with Crippen LogP contribution in [0.5, 0.6) is 0 Å². The molecule has 1 unspecified atom stereocenters. The van der Waals surface area contributed by atoms with Gasteiger partial charge in [0.05, 0.1) is 6.20 Å². The van der Waals surface area contributed by atoms with Crippen LogP contribution in [-0.4, -0.2) is 45.1 Å². The zero-order chi connectivity index (χ0) is 11.5. The normalized spacial score (nSPS) is 21.1. The first-order valence-corrected chi connectivity index (χ1v) is 6.47. The Morgan fingerprint density at radius 2 is 2.62 bits per heavy atom. The molecule has 1 aliphatic rings. The minimum atomic E-state index is -0.00926. The van der Waals surface area contributed by atoms with Gasteiger partial charge in [-0.3, -0.25) is 9.89 Å². The first-order chi connectivity index (χ1) is 7.72. The summed E-state index contributed by atoms with van der Waals surface area (Å²) >= 11 is 1.94. The van der Waals surface area contributed by atoms with E-state index in [1.807, 2.05) is 16.7 Å². The molecule has 1 atom stereocenters. The van der Waals surface area contributed by atoms with Crippen LogP contribution in [0.2, 0.25) is 0 Å². The Morgan fingerprint density at radius 3 is 3.25 bits per heavy atom. The number of hydrogen-bond donors (Lipinski definition) is 2. The molecule has 3 N–H and O–H groups in total. The van der Waals surface area contributed by atoms with E-state index in [4.69, 9.17) is 5.73 Å². The Balaban J connectivity index is 2.07. The molecule has 1 fully saturated rings. The lowest BCUT2D eigenvalue weighted by Gasteiger charge is -2.31. The van der Waals surface area contributed by atoms with Gasteiger partial charge in [0.1, 0.15) is 11.4 Å². The van der Waals surface area contributed by atoms with Crippen LogP contribution in [0.1, 0.15) is 23.7 Å². The number of hydrogen-bond acceptors (Lipinski definition) is 4. The SMILES string of the molecule is CCC1CN(C(=O)c2cn[nH]c2N)CCS1. The Labute approximate surface area is 98.8 Å². The van der Waals surface area contributed by atoms with E-state index in [0.717, 1.165) is 25.3 Å². The summed E-state index contributed by atoms with van der Waals surface area (Å²) in [6.07, 6.45) is 2.59. The second-order valence-corrected chi connectivity index (χ2v) is 5.26. The quantitative estimate of drug-likeness (QED) is 0.807. The number of nitrogens with two attached hydrogens (primary N) is 1. The highest BCUT2D eigenvalue weighted by atomic mass is 32.2. The van der Waals surface area contributed by atoms with Gasteiger partial charge in [-0.1, -0.05) is 6.92 Å². The molecule has 1 aromatic rings. The summed E-state index contributed by atoms with van der Waals surface area (Å²) in [6, 6.07) is 0. The third kappa shape index (κ3) is 2.16. The number of rotatable bonds is 2.